The van der Waals surface area contributed by atoms with Gasteiger partial charge in [0.1, 0.15) is 11.6 Å². The number of nitrogens with two attached hydrogens (primary N) is 1. The predicted octanol–water partition coefficient (Wildman–Crippen LogP) is -0.756. The Morgan fingerprint density at radius 3 is 2.35 bits per heavy atom. The molecule has 108 valence electrons. The Bertz CT molecular complexity index is 545. The number of hydrogen-bond acceptors (Lipinski definition) is 7. The maximum atomic E-state index is 12.6. The molecule has 0 atom stereocenters. The van der Waals surface area contributed by atoms with Crippen LogP contribution < -0.4 is 21.5 Å². The monoisotopic (exact) mass is 290 g/mol. The van der Waals surface area contributed by atoms with Crippen molar-refractivity contribution in [1.82, 2.24) is 15.3 Å². The van der Waals surface area contributed by atoms with E-state index in [4.69, 9.17) is 5.84 Å². The van der Waals surface area contributed by atoms with Gasteiger partial charge in [0.05, 0.1) is 13.1 Å². The van der Waals surface area contributed by atoms with E-state index >= 15 is 0 Å². The maximum Gasteiger partial charge on any atom is 0.451 e. The molecule has 2 heterocycles. The molecule has 1 aliphatic rings. The highest BCUT2D eigenvalue weighted by molar-refractivity contribution is 6.02. The molecule has 0 aliphatic carbocycles. The highest BCUT2D eigenvalue weighted by atomic mass is 19.4. The Balaban J connectivity index is 2.40. The normalized spacial score (nSPS) is 16.1. The first kappa shape index (κ1) is 14.0. The smallest absolute Gasteiger partial charge is 0.338 e. The number of nitrogens with one attached hydrogen (secondary N) is 2. The van der Waals surface area contributed by atoms with Crippen molar-refractivity contribution in [3.8, 4) is 0 Å². The summed E-state index contributed by atoms with van der Waals surface area (Å²) in [6, 6.07) is 1.11. The number of nitrogens with zero attached hydrogens (tertiary/aromatic N) is 3. The lowest BCUT2D eigenvalue weighted by molar-refractivity contribution is -0.144. The summed E-state index contributed by atoms with van der Waals surface area (Å²) in [4.78, 5) is 30.0. The summed E-state index contributed by atoms with van der Waals surface area (Å²) in [6.45, 7) is -0.575. The number of nitrogen functional groups attached to an aromatic ring is 1. The molecule has 2 amide bonds. The number of alkyl halides is 3. The average Bonchev–Trinajstić information content (AvgIpc) is 2.36. The van der Waals surface area contributed by atoms with E-state index in [1.807, 2.05) is 10.7 Å². The van der Waals surface area contributed by atoms with Gasteiger partial charge in [0, 0.05) is 6.07 Å². The molecular weight excluding hydrogens is 281 g/mol. The van der Waals surface area contributed by atoms with Crippen molar-refractivity contribution in [2.75, 3.05) is 23.4 Å². The van der Waals surface area contributed by atoms with Crippen LogP contribution in [0.25, 0.3) is 0 Å². The molecule has 1 aromatic heterocycles. The van der Waals surface area contributed by atoms with Crippen LogP contribution in [0.3, 0.4) is 0 Å². The van der Waals surface area contributed by atoms with Crippen molar-refractivity contribution in [3.63, 3.8) is 0 Å². The Morgan fingerprint density at radius 1 is 1.25 bits per heavy atom. The predicted molar refractivity (Wildman–Crippen MR) is 60.2 cm³/mol. The van der Waals surface area contributed by atoms with Crippen LogP contribution in [0, 0.1) is 0 Å². The number of rotatable bonds is 2. The zero-order valence-corrected chi connectivity index (χ0v) is 9.86. The quantitative estimate of drug-likeness (QED) is 0.373. The lowest BCUT2D eigenvalue weighted by Gasteiger charge is -2.26. The molecule has 2 rings (SSSR count). The number of imide groups is 1. The van der Waals surface area contributed by atoms with Crippen LogP contribution in [0.5, 0.6) is 0 Å². The number of halogens is 3. The minimum Gasteiger partial charge on any atom is -0.338 e. The van der Waals surface area contributed by atoms with Crippen LogP contribution in [0.4, 0.5) is 24.8 Å². The van der Waals surface area contributed by atoms with Gasteiger partial charge in [-0.2, -0.15) is 13.2 Å². The lowest BCUT2D eigenvalue weighted by Crippen LogP contribution is -2.51. The fourth-order valence-electron chi connectivity index (χ4n) is 1.60. The number of anilines is 2. The van der Waals surface area contributed by atoms with E-state index in [-0.39, 0.29) is 24.7 Å². The van der Waals surface area contributed by atoms with Gasteiger partial charge < -0.3 is 10.3 Å². The van der Waals surface area contributed by atoms with Gasteiger partial charge in [0.2, 0.25) is 17.6 Å². The molecule has 8 nitrogen and oxygen atoms in total. The Morgan fingerprint density at radius 2 is 1.85 bits per heavy atom. The highest BCUT2D eigenvalue weighted by Gasteiger charge is 2.36. The van der Waals surface area contributed by atoms with Gasteiger partial charge >= 0.3 is 6.18 Å². The second-order valence-electron chi connectivity index (χ2n) is 3.90. The molecule has 4 N–H and O–H groups in total. The third-order valence-corrected chi connectivity index (χ3v) is 2.39. The molecule has 0 spiro atoms. The van der Waals surface area contributed by atoms with Gasteiger partial charge in [-0.1, -0.05) is 0 Å². The molecule has 0 unspecified atom stereocenters. The topological polar surface area (TPSA) is 113 Å². The molecule has 20 heavy (non-hydrogen) atoms. The molecule has 0 bridgehead atoms. The van der Waals surface area contributed by atoms with Crippen LogP contribution in [0.15, 0.2) is 6.07 Å². The molecule has 0 radical (unpaired) electrons. The molecule has 0 aromatic carbocycles. The number of amides is 2. The number of carbonyl (C=O) groups excluding carboxylic acids is 2. The van der Waals surface area contributed by atoms with E-state index in [1.54, 1.807) is 0 Å². The molecular formula is C9H9F3N6O2. The van der Waals surface area contributed by atoms with Crippen molar-refractivity contribution in [2.24, 2.45) is 5.84 Å². The second-order valence-corrected chi connectivity index (χ2v) is 3.90. The number of piperazine rings is 1. The summed E-state index contributed by atoms with van der Waals surface area (Å²) in [5.74, 6) is 1.87. The summed E-state index contributed by atoms with van der Waals surface area (Å²) in [5, 5.41) is 2.03. The van der Waals surface area contributed by atoms with Crippen molar-refractivity contribution in [1.29, 1.82) is 0 Å². The Kier molecular flexibility index (Phi) is 3.44. The first-order valence-corrected chi connectivity index (χ1v) is 5.30. The van der Waals surface area contributed by atoms with Crippen molar-refractivity contribution >= 4 is 23.5 Å². The largest absolute Gasteiger partial charge is 0.451 e. The van der Waals surface area contributed by atoms with Gasteiger partial charge in [-0.05, 0) is 0 Å². The van der Waals surface area contributed by atoms with Crippen molar-refractivity contribution in [2.45, 2.75) is 6.18 Å². The second kappa shape index (κ2) is 4.92. The van der Waals surface area contributed by atoms with Gasteiger partial charge in [-0.3, -0.25) is 14.9 Å². The van der Waals surface area contributed by atoms with E-state index in [0.717, 1.165) is 11.0 Å². The minimum absolute atomic E-state index is 0.219. The lowest BCUT2D eigenvalue weighted by atomic mass is 10.3. The van der Waals surface area contributed by atoms with Gasteiger partial charge in [0.25, 0.3) is 0 Å². The first-order chi connectivity index (χ1) is 9.29. The molecule has 1 saturated heterocycles. The molecule has 11 heteroatoms. The highest BCUT2D eigenvalue weighted by Crippen LogP contribution is 2.29. The van der Waals surface area contributed by atoms with Crippen LogP contribution in [-0.2, 0) is 15.8 Å². The summed E-state index contributed by atoms with van der Waals surface area (Å²) in [6.07, 6.45) is -4.77. The van der Waals surface area contributed by atoms with Gasteiger partial charge in [-0.15, -0.1) is 0 Å². The minimum atomic E-state index is -4.77. The Labute approximate surface area is 110 Å². The van der Waals surface area contributed by atoms with Crippen LogP contribution >= 0.6 is 0 Å². The summed E-state index contributed by atoms with van der Waals surface area (Å²) >= 11 is 0. The van der Waals surface area contributed by atoms with E-state index in [9.17, 15) is 22.8 Å². The number of aromatic nitrogens is 2. The van der Waals surface area contributed by atoms with Crippen molar-refractivity contribution in [3.05, 3.63) is 11.9 Å². The summed E-state index contributed by atoms with van der Waals surface area (Å²) < 4.78 is 37.9. The third kappa shape index (κ3) is 2.93. The Hall–Kier alpha value is -2.43. The maximum absolute atomic E-state index is 12.6. The number of hydrogen-bond donors (Lipinski definition) is 3. The molecule has 1 aromatic rings. The van der Waals surface area contributed by atoms with Gasteiger partial charge in [0.15, 0.2) is 0 Å². The zero-order chi connectivity index (χ0) is 14.9. The van der Waals surface area contributed by atoms with Gasteiger partial charge in [-0.25, -0.2) is 15.8 Å². The third-order valence-electron chi connectivity index (χ3n) is 2.39. The molecule has 1 aliphatic heterocycles. The van der Waals surface area contributed by atoms with Crippen LogP contribution in [-0.4, -0.2) is 34.9 Å². The SMILES string of the molecule is NNc1cc(N2CC(=O)NC(=O)C2)nc(C(F)(F)F)n1. The molecule has 1 fully saturated rings. The fraction of sp³-hybridized carbons (Fsp3) is 0.333. The van der Waals surface area contributed by atoms with E-state index in [2.05, 4.69) is 9.97 Å². The van der Waals surface area contributed by atoms with Crippen molar-refractivity contribution < 1.29 is 22.8 Å². The summed E-state index contributed by atoms with van der Waals surface area (Å²) in [5.41, 5.74) is 1.98. The average molecular weight is 290 g/mol. The summed E-state index contributed by atoms with van der Waals surface area (Å²) in [7, 11) is 0. The number of carbonyl (C=O) groups is 2. The standard InChI is InChI=1S/C9H9F3N6O2/c10-9(11,12)8-14-4(17-13)1-5(15-8)18-2-6(19)16-7(20)3-18/h1H,2-3,13H2,(H,14,15,17)(H,16,19,20). The van der Waals surface area contributed by atoms with Crippen LogP contribution in [0.2, 0.25) is 0 Å². The van der Waals surface area contributed by atoms with Crippen LogP contribution in [0.1, 0.15) is 5.82 Å². The molecule has 0 saturated carbocycles. The number of hydrazine groups is 1. The first-order valence-electron chi connectivity index (χ1n) is 5.30. The van der Waals surface area contributed by atoms with E-state index in [0.29, 0.717) is 0 Å². The zero-order valence-electron chi connectivity index (χ0n) is 9.86. The van der Waals surface area contributed by atoms with E-state index < -0.39 is 23.8 Å². The van der Waals surface area contributed by atoms with E-state index in [1.165, 1.54) is 0 Å². The fourth-order valence-corrected chi connectivity index (χ4v) is 1.60.